The first-order valence-corrected chi connectivity index (χ1v) is 15.3. The van der Waals surface area contributed by atoms with Gasteiger partial charge >= 0.3 is 12.3 Å². The van der Waals surface area contributed by atoms with Crippen LogP contribution in [0.3, 0.4) is 0 Å². The van der Waals surface area contributed by atoms with Gasteiger partial charge in [-0.1, -0.05) is 19.1 Å². The van der Waals surface area contributed by atoms with Crippen LogP contribution in [0.2, 0.25) is 0 Å². The van der Waals surface area contributed by atoms with Gasteiger partial charge in [-0.05, 0) is 75.1 Å². The second-order valence-corrected chi connectivity index (χ2v) is 12.8. The van der Waals surface area contributed by atoms with Crippen LogP contribution in [0, 0.1) is 12.8 Å². The summed E-state index contributed by atoms with van der Waals surface area (Å²) in [6.07, 6.45) is 1.02. The summed E-state index contributed by atoms with van der Waals surface area (Å²) < 4.78 is 48.1. The van der Waals surface area contributed by atoms with Crippen molar-refractivity contribution in [1.82, 2.24) is 30.2 Å². The summed E-state index contributed by atoms with van der Waals surface area (Å²) in [6, 6.07) is 10.1. The van der Waals surface area contributed by atoms with E-state index in [9.17, 15) is 22.8 Å². The number of ether oxygens (including phenoxy) is 1. The Morgan fingerprint density at radius 3 is 2.48 bits per heavy atom. The molecular weight excluding hydrogens is 625 g/mol. The molecule has 3 heterocycles. The summed E-state index contributed by atoms with van der Waals surface area (Å²) in [4.78, 5) is 44.1. The quantitative estimate of drug-likeness (QED) is 0.191. The standard InChI is InChI=1S/C34H37F3N8O3/c1-20-6-9-25(13-28(20)43-31-40-11-10-27(42-31)24-14-38-19-39-15-24)41-30(46)22-7-8-23(26(12-22)34(35,36)37)17-45-16-21(2)29(18-45)44-32(47)48-33(3,4)5/h6-15,19,21,29H,16-18H2,1-5H3,(H,41,46)(H,44,47)(H,40,42,43)/t21-,29-/m1/s1. The summed E-state index contributed by atoms with van der Waals surface area (Å²) >= 11 is 0. The van der Waals surface area contributed by atoms with Gasteiger partial charge in [0.1, 0.15) is 11.9 Å². The Morgan fingerprint density at radius 1 is 1.02 bits per heavy atom. The second-order valence-electron chi connectivity index (χ2n) is 12.8. The van der Waals surface area contributed by atoms with E-state index in [1.165, 1.54) is 18.5 Å². The topological polar surface area (TPSA) is 134 Å². The number of anilines is 3. The van der Waals surface area contributed by atoms with Crippen LogP contribution < -0.4 is 16.0 Å². The highest BCUT2D eigenvalue weighted by molar-refractivity contribution is 6.04. The Bertz CT molecular complexity index is 1780. The van der Waals surface area contributed by atoms with E-state index in [-0.39, 0.29) is 29.6 Å². The summed E-state index contributed by atoms with van der Waals surface area (Å²) in [5.74, 6) is -0.395. The van der Waals surface area contributed by atoms with Crippen molar-refractivity contribution in [3.63, 3.8) is 0 Å². The van der Waals surface area contributed by atoms with Crippen molar-refractivity contribution in [3.05, 3.63) is 89.6 Å². The molecule has 0 unspecified atom stereocenters. The van der Waals surface area contributed by atoms with Gasteiger partial charge in [-0.15, -0.1) is 0 Å². The van der Waals surface area contributed by atoms with Crippen molar-refractivity contribution in [2.45, 2.75) is 59.0 Å². The number of amides is 2. The number of hydrogen-bond acceptors (Lipinski definition) is 9. The van der Waals surface area contributed by atoms with Crippen LogP contribution in [0.1, 0.15) is 54.7 Å². The first kappa shape index (κ1) is 34.2. The Hall–Kier alpha value is -5.11. The third-order valence-corrected chi connectivity index (χ3v) is 7.72. The van der Waals surface area contributed by atoms with Gasteiger partial charge in [0.05, 0.1) is 11.3 Å². The number of aromatic nitrogens is 4. The highest BCUT2D eigenvalue weighted by Gasteiger charge is 2.37. The summed E-state index contributed by atoms with van der Waals surface area (Å²) in [6.45, 7) is 9.90. The number of carbonyl (C=O) groups is 2. The summed E-state index contributed by atoms with van der Waals surface area (Å²) in [7, 11) is 0. The first-order valence-electron chi connectivity index (χ1n) is 15.3. The SMILES string of the molecule is Cc1ccc(NC(=O)c2ccc(CN3C[C@@H](C)[C@H](NC(=O)OC(C)(C)C)C3)c(C(F)(F)F)c2)cc1Nc1nccc(-c2cncnc2)n1. The monoisotopic (exact) mass is 662 g/mol. The van der Waals surface area contributed by atoms with Crippen LogP contribution in [-0.4, -0.2) is 61.6 Å². The van der Waals surface area contributed by atoms with Crippen LogP contribution in [0.15, 0.2) is 67.4 Å². The zero-order valence-corrected chi connectivity index (χ0v) is 27.2. The summed E-state index contributed by atoms with van der Waals surface area (Å²) in [5, 5.41) is 8.66. The molecule has 0 aliphatic carbocycles. The number of benzene rings is 2. The maximum absolute atomic E-state index is 14.3. The van der Waals surface area contributed by atoms with Gasteiger partial charge in [-0.2, -0.15) is 13.2 Å². The zero-order chi connectivity index (χ0) is 34.6. The molecule has 2 aromatic heterocycles. The van der Waals surface area contributed by atoms with Gasteiger partial charge in [0, 0.05) is 66.8 Å². The number of alkyl carbamates (subject to hydrolysis) is 1. The van der Waals surface area contributed by atoms with E-state index in [0.29, 0.717) is 41.7 Å². The number of nitrogens with zero attached hydrogens (tertiary/aromatic N) is 5. The van der Waals surface area contributed by atoms with E-state index in [4.69, 9.17) is 4.74 Å². The van der Waals surface area contributed by atoms with E-state index >= 15 is 0 Å². The lowest BCUT2D eigenvalue weighted by molar-refractivity contribution is -0.138. The Balaban J connectivity index is 1.28. The minimum absolute atomic E-state index is 0.000220. The average Bonchev–Trinajstić information content (AvgIpc) is 3.35. The van der Waals surface area contributed by atoms with Crippen LogP contribution in [0.25, 0.3) is 11.3 Å². The first-order chi connectivity index (χ1) is 22.6. The molecular formula is C34H37F3N8O3. The van der Waals surface area contributed by atoms with Crippen LogP contribution in [-0.2, 0) is 17.5 Å². The van der Waals surface area contributed by atoms with Crippen LogP contribution in [0.5, 0.6) is 0 Å². The van der Waals surface area contributed by atoms with E-state index in [2.05, 4.69) is 35.9 Å². The van der Waals surface area contributed by atoms with Gasteiger partial charge < -0.3 is 20.7 Å². The number of carbonyl (C=O) groups excluding carboxylic acids is 2. The molecule has 11 nitrogen and oxygen atoms in total. The minimum atomic E-state index is -4.69. The lowest BCUT2D eigenvalue weighted by atomic mass is 10.0. The fourth-order valence-electron chi connectivity index (χ4n) is 5.37. The largest absolute Gasteiger partial charge is 0.444 e. The molecule has 14 heteroatoms. The Labute approximate surface area is 276 Å². The second kappa shape index (κ2) is 13.9. The third kappa shape index (κ3) is 8.82. The molecule has 3 N–H and O–H groups in total. The van der Waals surface area contributed by atoms with Crippen molar-refractivity contribution >= 4 is 29.3 Å². The number of alkyl halides is 3. The molecule has 1 aliphatic heterocycles. The smallest absolute Gasteiger partial charge is 0.416 e. The highest BCUT2D eigenvalue weighted by atomic mass is 19.4. The lowest BCUT2D eigenvalue weighted by Crippen LogP contribution is -2.42. The molecule has 4 aromatic rings. The average molecular weight is 663 g/mol. The third-order valence-electron chi connectivity index (χ3n) is 7.72. The lowest BCUT2D eigenvalue weighted by Gasteiger charge is -2.23. The number of aryl methyl sites for hydroxylation is 1. The normalized spacial score (nSPS) is 16.8. The molecule has 0 radical (unpaired) electrons. The van der Waals surface area contributed by atoms with E-state index in [0.717, 1.165) is 11.6 Å². The molecule has 0 spiro atoms. The van der Waals surface area contributed by atoms with Crippen molar-refractivity contribution in [3.8, 4) is 11.3 Å². The highest BCUT2D eigenvalue weighted by Crippen LogP contribution is 2.34. The van der Waals surface area contributed by atoms with E-state index in [1.54, 1.807) is 63.6 Å². The van der Waals surface area contributed by atoms with Crippen molar-refractivity contribution in [2.75, 3.05) is 23.7 Å². The fraction of sp³-hybridized carbons (Fsp3) is 0.353. The van der Waals surface area contributed by atoms with Crippen molar-refractivity contribution in [2.24, 2.45) is 5.92 Å². The van der Waals surface area contributed by atoms with Crippen molar-refractivity contribution < 1.29 is 27.5 Å². The number of hydrogen-bond donors (Lipinski definition) is 3. The molecule has 2 aromatic carbocycles. The predicted octanol–water partition coefficient (Wildman–Crippen LogP) is 6.60. The minimum Gasteiger partial charge on any atom is -0.444 e. The van der Waals surface area contributed by atoms with Gasteiger partial charge in [-0.3, -0.25) is 9.69 Å². The molecule has 1 aliphatic rings. The van der Waals surface area contributed by atoms with Gasteiger partial charge in [-0.25, -0.2) is 24.7 Å². The molecule has 1 saturated heterocycles. The molecule has 0 saturated carbocycles. The van der Waals surface area contributed by atoms with Gasteiger partial charge in [0.2, 0.25) is 5.95 Å². The Morgan fingerprint density at radius 2 is 1.77 bits per heavy atom. The molecule has 1 fully saturated rings. The summed E-state index contributed by atoms with van der Waals surface area (Å²) in [5.41, 5.74) is 1.45. The maximum atomic E-state index is 14.3. The number of rotatable bonds is 8. The molecule has 0 bridgehead atoms. The fourth-order valence-corrected chi connectivity index (χ4v) is 5.37. The number of halogens is 3. The zero-order valence-electron chi connectivity index (χ0n) is 27.2. The molecule has 252 valence electrons. The number of likely N-dealkylation sites (tertiary alicyclic amines) is 1. The molecule has 2 atom stereocenters. The van der Waals surface area contributed by atoms with Crippen LogP contribution in [0.4, 0.5) is 35.3 Å². The predicted molar refractivity (Wildman–Crippen MR) is 175 cm³/mol. The molecule has 2 amide bonds. The van der Waals surface area contributed by atoms with Crippen molar-refractivity contribution in [1.29, 1.82) is 0 Å². The Kier molecular flexibility index (Phi) is 9.94. The molecule has 5 rings (SSSR count). The van der Waals surface area contributed by atoms with E-state index < -0.39 is 29.3 Å². The number of nitrogens with one attached hydrogen (secondary N) is 3. The van der Waals surface area contributed by atoms with Crippen LogP contribution >= 0.6 is 0 Å². The van der Waals surface area contributed by atoms with E-state index in [1.807, 2.05) is 18.7 Å². The van der Waals surface area contributed by atoms with Gasteiger partial charge in [0.25, 0.3) is 5.91 Å². The molecule has 48 heavy (non-hydrogen) atoms. The van der Waals surface area contributed by atoms with Gasteiger partial charge in [0.15, 0.2) is 0 Å². The maximum Gasteiger partial charge on any atom is 0.416 e.